The third-order valence-electron chi connectivity index (χ3n) is 3.66. The number of aromatic nitrogens is 1. The number of carbonyl (C=O) groups is 1. The summed E-state index contributed by atoms with van der Waals surface area (Å²) in [6.07, 6.45) is 2.25. The number of benzene rings is 1. The number of aryl methyl sites for hydroxylation is 1. The van der Waals surface area contributed by atoms with E-state index in [0.717, 1.165) is 25.1 Å². The molecule has 2 rings (SSSR count). The third kappa shape index (κ3) is 2.87. The van der Waals surface area contributed by atoms with Gasteiger partial charge in [-0.25, -0.2) is 0 Å². The quantitative estimate of drug-likeness (QED) is 0.742. The summed E-state index contributed by atoms with van der Waals surface area (Å²) in [5.41, 5.74) is 2.25. The lowest BCUT2D eigenvalue weighted by Gasteiger charge is -2.15. The van der Waals surface area contributed by atoms with E-state index in [0.29, 0.717) is 6.61 Å². The number of unbranched alkanes of at least 4 members (excludes halogenated alkanes) is 1. The highest BCUT2D eigenvalue weighted by molar-refractivity contribution is 5.85. The molecular formula is C17H23NO2. The average Bonchev–Trinajstić information content (AvgIpc) is 2.83. The van der Waals surface area contributed by atoms with Gasteiger partial charge in [-0.3, -0.25) is 4.79 Å². The number of nitrogens with zero attached hydrogens (tertiary/aromatic N) is 1. The van der Waals surface area contributed by atoms with Crippen LogP contribution in [0.4, 0.5) is 0 Å². The summed E-state index contributed by atoms with van der Waals surface area (Å²) >= 11 is 0. The number of fused-ring (bicyclic) bond motifs is 1. The predicted octanol–water partition coefficient (Wildman–Crippen LogP) is 4.11. The second-order valence-electron chi connectivity index (χ2n) is 5.11. The van der Waals surface area contributed by atoms with Crippen molar-refractivity contribution in [1.29, 1.82) is 0 Å². The van der Waals surface area contributed by atoms with Crippen LogP contribution < -0.4 is 0 Å². The molecule has 0 spiro atoms. The molecule has 1 aromatic heterocycles. The molecule has 108 valence electrons. The molecule has 3 nitrogen and oxygen atoms in total. The summed E-state index contributed by atoms with van der Waals surface area (Å²) in [5.74, 6) is -0.368. The monoisotopic (exact) mass is 273 g/mol. The largest absolute Gasteiger partial charge is 0.465 e. The Morgan fingerprint density at radius 3 is 2.75 bits per heavy atom. The Hall–Kier alpha value is -1.77. The number of rotatable bonds is 6. The van der Waals surface area contributed by atoms with E-state index in [4.69, 9.17) is 4.74 Å². The van der Waals surface area contributed by atoms with E-state index >= 15 is 0 Å². The van der Waals surface area contributed by atoms with Crippen LogP contribution >= 0.6 is 0 Å². The fourth-order valence-electron chi connectivity index (χ4n) is 2.54. The third-order valence-corrected chi connectivity index (χ3v) is 3.66. The van der Waals surface area contributed by atoms with E-state index in [1.165, 1.54) is 10.9 Å². The van der Waals surface area contributed by atoms with E-state index in [-0.39, 0.29) is 11.9 Å². The molecule has 0 bridgehead atoms. The summed E-state index contributed by atoms with van der Waals surface area (Å²) in [4.78, 5) is 12.0. The molecule has 0 saturated carbocycles. The number of hydrogen-bond donors (Lipinski definition) is 0. The van der Waals surface area contributed by atoms with Gasteiger partial charge in [0.05, 0.1) is 12.5 Å². The lowest BCUT2D eigenvalue weighted by Crippen LogP contribution is -2.16. The molecule has 0 saturated heterocycles. The Bertz CT molecular complexity index is 586. The standard InChI is InChI=1S/C17H23NO2/c1-4-6-11-18-15-10-8-7-9-14(15)12-16(18)13(3)17(19)20-5-2/h7-10,12-13H,4-6,11H2,1-3H3. The van der Waals surface area contributed by atoms with Crippen LogP contribution in [0.3, 0.4) is 0 Å². The molecule has 0 aliphatic carbocycles. The minimum atomic E-state index is -0.223. The molecule has 1 unspecified atom stereocenters. The summed E-state index contributed by atoms with van der Waals surface area (Å²) in [6, 6.07) is 10.4. The van der Waals surface area contributed by atoms with E-state index in [9.17, 15) is 4.79 Å². The fourth-order valence-corrected chi connectivity index (χ4v) is 2.54. The fraction of sp³-hybridized carbons (Fsp3) is 0.471. The number of carbonyl (C=O) groups excluding carboxylic acids is 1. The highest BCUT2D eigenvalue weighted by atomic mass is 16.5. The van der Waals surface area contributed by atoms with Crippen LogP contribution in [0.5, 0.6) is 0 Å². The van der Waals surface area contributed by atoms with Gasteiger partial charge < -0.3 is 9.30 Å². The van der Waals surface area contributed by atoms with Gasteiger partial charge >= 0.3 is 5.97 Å². The normalized spacial score (nSPS) is 12.6. The van der Waals surface area contributed by atoms with E-state index < -0.39 is 0 Å². The second kappa shape index (κ2) is 6.60. The molecule has 2 aromatic rings. The molecule has 0 fully saturated rings. The van der Waals surface area contributed by atoms with Crippen molar-refractivity contribution in [3.8, 4) is 0 Å². The molecule has 0 aliphatic heterocycles. The first-order chi connectivity index (χ1) is 9.69. The Morgan fingerprint density at radius 2 is 2.05 bits per heavy atom. The van der Waals surface area contributed by atoms with Crippen molar-refractivity contribution in [2.45, 2.75) is 46.1 Å². The van der Waals surface area contributed by atoms with E-state index in [1.807, 2.05) is 26.0 Å². The molecule has 0 N–H and O–H groups in total. The number of para-hydroxylation sites is 1. The maximum Gasteiger partial charge on any atom is 0.314 e. The SMILES string of the molecule is CCCCn1c(C(C)C(=O)OCC)cc2ccccc21. The van der Waals surface area contributed by atoms with E-state index in [2.05, 4.69) is 29.7 Å². The van der Waals surface area contributed by atoms with Gasteiger partial charge in [-0.1, -0.05) is 31.5 Å². The first kappa shape index (κ1) is 14.6. The number of hydrogen-bond acceptors (Lipinski definition) is 2. The molecule has 0 aliphatic rings. The Balaban J connectivity index is 2.42. The molecule has 0 radical (unpaired) electrons. The minimum Gasteiger partial charge on any atom is -0.465 e. The van der Waals surface area contributed by atoms with Crippen LogP contribution in [-0.4, -0.2) is 17.1 Å². The summed E-state index contributed by atoms with van der Waals surface area (Å²) in [6.45, 7) is 7.33. The van der Waals surface area contributed by atoms with Gasteiger partial charge in [0.2, 0.25) is 0 Å². The first-order valence-corrected chi connectivity index (χ1v) is 7.43. The van der Waals surface area contributed by atoms with Crippen LogP contribution in [0.1, 0.15) is 45.2 Å². The van der Waals surface area contributed by atoms with Crippen LogP contribution in [-0.2, 0) is 16.1 Å². The van der Waals surface area contributed by atoms with Crippen molar-refractivity contribution in [2.75, 3.05) is 6.61 Å². The van der Waals surface area contributed by atoms with E-state index in [1.54, 1.807) is 0 Å². The molecule has 20 heavy (non-hydrogen) atoms. The Morgan fingerprint density at radius 1 is 1.30 bits per heavy atom. The molecule has 0 amide bonds. The predicted molar refractivity (Wildman–Crippen MR) is 81.9 cm³/mol. The van der Waals surface area contributed by atoms with Gasteiger partial charge in [-0.05, 0) is 37.8 Å². The van der Waals surface area contributed by atoms with Gasteiger partial charge in [0.1, 0.15) is 0 Å². The smallest absolute Gasteiger partial charge is 0.314 e. The Labute approximate surface area is 120 Å². The summed E-state index contributed by atoms with van der Waals surface area (Å²) in [7, 11) is 0. The zero-order chi connectivity index (χ0) is 14.5. The topological polar surface area (TPSA) is 31.2 Å². The maximum atomic E-state index is 12.0. The second-order valence-corrected chi connectivity index (χ2v) is 5.11. The number of ether oxygens (including phenoxy) is 1. The zero-order valence-electron chi connectivity index (χ0n) is 12.6. The van der Waals surface area contributed by atoms with Crippen molar-refractivity contribution in [2.24, 2.45) is 0 Å². The highest BCUT2D eigenvalue weighted by Crippen LogP contribution is 2.27. The zero-order valence-corrected chi connectivity index (χ0v) is 12.6. The average molecular weight is 273 g/mol. The van der Waals surface area contributed by atoms with Gasteiger partial charge in [0.15, 0.2) is 0 Å². The molecular weight excluding hydrogens is 250 g/mol. The van der Waals surface area contributed by atoms with Crippen molar-refractivity contribution in [3.63, 3.8) is 0 Å². The van der Waals surface area contributed by atoms with Crippen molar-refractivity contribution in [1.82, 2.24) is 4.57 Å². The number of esters is 1. The summed E-state index contributed by atoms with van der Waals surface area (Å²) in [5, 5.41) is 1.19. The van der Waals surface area contributed by atoms with Crippen LogP contribution in [0.25, 0.3) is 10.9 Å². The lowest BCUT2D eigenvalue weighted by atomic mass is 10.1. The van der Waals surface area contributed by atoms with Gasteiger partial charge in [0.25, 0.3) is 0 Å². The maximum absolute atomic E-state index is 12.0. The minimum absolute atomic E-state index is 0.145. The first-order valence-electron chi connectivity index (χ1n) is 7.43. The van der Waals surface area contributed by atoms with Gasteiger partial charge in [-0.15, -0.1) is 0 Å². The molecule has 1 atom stereocenters. The van der Waals surface area contributed by atoms with Crippen LogP contribution in [0.2, 0.25) is 0 Å². The lowest BCUT2D eigenvalue weighted by molar-refractivity contribution is -0.144. The van der Waals surface area contributed by atoms with Gasteiger partial charge in [-0.2, -0.15) is 0 Å². The molecule has 1 aromatic carbocycles. The summed E-state index contributed by atoms with van der Waals surface area (Å²) < 4.78 is 7.43. The Kier molecular flexibility index (Phi) is 4.83. The van der Waals surface area contributed by atoms with Crippen LogP contribution in [0.15, 0.2) is 30.3 Å². The van der Waals surface area contributed by atoms with Crippen molar-refractivity contribution < 1.29 is 9.53 Å². The van der Waals surface area contributed by atoms with Crippen molar-refractivity contribution in [3.05, 3.63) is 36.0 Å². The highest BCUT2D eigenvalue weighted by Gasteiger charge is 2.21. The van der Waals surface area contributed by atoms with Crippen LogP contribution in [0, 0.1) is 0 Å². The van der Waals surface area contributed by atoms with Gasteiger partial charge in [0, 0.05) is 17.8 Å². The molecule has 1 heterocycles. The molecule has 3 heteroatoms. The van der Waals surface area contributed by atoms with Crippen molar-refractivity contribution >= 4 is 16.9 Å².